The predicted octanol–water partition coefficient (Wildman–Crippen LogP) is 4.93. The molecule has 0 unspecified atom stereocenters. The number of benzene rings is 1. The summed E-state index contributed by atoms with van der Waals surface area (Å²) in [5.74, 6) is -3.53. The van der Waals surface area contributed by atoms with Crippen LogP contribution in [0, 0.1) is 0 Å². The van der Waals surface area contributed by atoms with Crippen LogP contribution in [0.2, 0.25) is 0 Å². The first-order valence-corrected chi connectivity index (χ1v) is 9.19. The van der Waals surface area contributed by atoms with Gasteiger partial charge in [0.25, 0.3) is 0 Å². The Morgan fingerprint density at radius 1 is 1.06 bits per heavy atom. The molecule has 1 saturated heterocycles. The highest BCUT2D eigenvalue weighted by molar-refractivity contribution is 5.86. The summed E-state index contributed by atoms with van der Waals surface area (Å²) >= 11 is 0. The van der Waals surface area contributed by atoms with Gasteiger partial charge in [0.1, 0.15) is 5.82 Å². The minimum absolute atomic E-state index is 0.0322. The molecule has 2 aromatic rings. The van der Waals surface area contributed by atoms with Crippen molar-refractivity contribution in [1.29, 1.82) is 0 Å². The zero-order valence-corrected chi connectivity index (χ0v) is 15.8. The number of hydrogen-bond donors (Lipinski definition) is 2. The van der Waals surface area contributed by atoms with Gasteiger partial charge in [-0.05, 0) is 37.0 Å². The molecule has 12 heteroatoms. The van der Waals surface area contributed by atoms with Crippen LogP contribution in [0.4, 0.5) is 32.2 Å². The minimum Gasteiger partial charge on any atom is -0.477 e. The number of rotatable bonds is 5. The van der Waals surface area contributed by atoms with Gasteiger partial charge >= 0.3 is 18.3 Å². The highest BCUT2D eigenvalue weighted by Crippen LogP contribution is 2.34. The number of aromatic nitrogens is 2. The van der Waals surface area contributed by atoms with Crippen LogP contribution >= 0.6 is 0 Å². The topological polar surface area (TPSA) is 84.3 Å². The highest BCUT2D eigenvalue weighted by Gasteiger charge is 2.36. The molecule has 3 rings (SSSR count). The van der Waals surface area contributed by atoms with Gasteiger partial charge in [-0.1, -0.05) is 12.1 Å². The third kappa shape index (κ3) is 5.84. The summed E-state index contributed by atoms with van der Waals surface area (Å²) in [5, 5.41) is 11.6. The fraction of sp³-hybridized carbons (Fsp3) is 0.421. The standard InChI is InChI=1S/C19H17F6N3O3/c20-18(21,22)11-6-4-10(5-7-11)14-3-1-2-12(31-14)9-26-15-8-13(16(29)30)27-17(28-15)19(23,24)25/h4-8,12,14H,1-3,9H2,(H,29,30)(H,26,27,28)/t12-,14+/m1/s1. The Kier molecular flexibility index (Phi) is 6.39. The highest BCUT2D eigenvalue weighted by atomic mass is 19.4. The summed E-state index contributed by atoms with van der Waals surface area (Å²) in [4.78, 5) is 17.3. The maximum Gasteiger partial charge on any atom is 0.451 e. The molecule has 2 atom stereocenters. The fourth-order valence-electron chi connectivity index (χ4n) is 3.17. The van der Waals surface area contributed by atoms with Crippen molar-refractivity contribution in [3.8, 4) is 0 Å². The number of hydrogen-bond acceptors (Lipinski definition) is 5. The van der Waals surface area contributed by atoms with Gasteiger partial charge in [0.05, 0.1) is 17.8 Å². The SMILES string of the molecule is O=C(O)c1cc(NC[C@H]2CCC[C@@H](c3ccc(C(F)(F)F)cc3)O2)nc(C(F)(F)F)n1. The van der Waals surface area contributed by atoms with Crippen LogP contribution in [-0.4, -0.2) is 33.7 Å². The summed E-state index contributed by atoms with van der Waals surface area (Å²) in [6.07, 6.45) is -8.45. The van der Waals surface area contributed by atoms with E-state index < -0.39 is 47.6 Å². The summed E-state index contributed by atoms with van der Waals surface area (Å²) in [6.45, 7) is 0.0322. The monoisotopic (exact) mass is 449 g/mol. The van der Waals surface area contributed by atoms with Gasteiger partial charge in [0, 0.05) is 12.6 Å². The van der Waals surface area contributed by atoms with Crippen LogP contribution < -0.4 is 5.32 Å². The van der Waals surface area contributed by atoms with E-state index in [2.05, 4.69) is 15.3 Å². The van der Waals surface area contributed by atoms with E-state index in [-0.39, 0.29) is 12.4 Å². The van der Waals surface area contributed by atoms with E-state index in [1.165, 1.54) is 12.1 Å². The quantitative estimate of drug-likeness (QED) is 0.630. The third-order valence-corrected chi connectivity index (χ3v) is 4.67. The second-order valence-corrected chi connectivity index (χ2v) is 6.94. The summed E-state index contributed by atoms with van der Waals surface area (Å²) in [5.41, 5.74) is -1.02. The average molecular weight is 449 g/mol. The largest absolute Gasteiger partial charge is 0.477 e. The Labute approximate surface area is 172 Å². The van der Waals surface area contributed by atoms with E-state index in [0.717, 1.165) is 18.2 Å². The molecular weight excluding hydrogens is 432 g/mol. The van der Waals surface area contributed by atoms with Crippen molar-refractivity contribution in [2.45, 2.75) is 43.8 Å². The Hall–Kier alpha value is -2.89. The number of anilines is 1. The number of nitrogens with zero attached hydrogens (tertiary/aromatic N) is 2. The van der Waals surface area contributed by atoms with Crippen LogP contribution in [-0.2, 0) is 17.1 Å². The van der Waals surface area contributed by atoms with Gasteiger partial charge in [-0.15, -0.1) is 0 Å². The molecule has 31 heavy (non-hydrogen) atoms. The third-order valence-electron chi connectivity index (χ3n) is 4.67. The number of alkyl halides is 6. The van der Waals surface area contributed by atoms with E-state index in [4.69, 9.17) is 9.84 Å². The van der Waals surface area contributed by atoms with E-state index in [1.807, 2.05) is 0 Å². The van der Waals surface area contributed by atoms with Crippen LogP contribution in [0.3, 0.4) is 0 Å². The maximum absolute atomic E-state index is 12.9. The van der Waals surface area contributed by atoms with Crippen LogP contribution in [0.25, 0.3) is 0 Å². The van der Waals surface area contributed by atoms with Gasteiger partial charge in [0.2, 0.25) is 5.82 Å². The van der Waals surface area contributed by atoms with E-state index in [1.54, 1.807) is 0 Å². The molecule has 0 bridgehead atoms. The van der Waals surface area contributed by atoms with Gasteiger partial charge in [0.15, 0.2) is 5.69 Å². The molecule has 1 aromatic carbocycles. The molecule has 1 aromatic heterocycles. The zero-order chi connectivity index (χ0) is 22.8. The lowest BCUT2D eigenvalue weighted by atomic mass is 9.97. The molecule has 0 amide bonds. The number of ether oxygens (including phenoxy) is 1. The van der Waals surface area contributed by atoms with Crippen molar-refractivity contribution in [1.82, 2.24) is 9.97 Å². The number of nitrogens with one attached hydrogen (secondary N) is 1. The van der Waals surface area contributed by atoms with Crippen molar-refractivity contribution in [3.63, 3.8) is 0 Å². The summed E-state index contributed by atoms with van der Waals surface area (Å²) in [6, 6.07) is 5.49. The van der Waals surface area contributed by atoms with Gasteiger partial charge in [-0.3, -0.25) is 0 Å². The van der Waals surface area contributed by atoms with Crippen LogP contribution in [0.15, 0.2) is 30.3 Å². The average Bonchev–Trinajstić information content (AvgIpc) is 2.71. The maximum atomic E-state index is 12.9. The van der Waals surface area contributed by atoms with E-state index >= 15 is 0 Å². The van der Waals surface area contributed by atoms with Crippen molar-refractivity contribution >= 4 is 11.8 Å². The minimum atomic E-state index is -4.92. The van der Waals surface area contributed by atoms with E-state index in [9.17, 15) is 31.1 Å². The Balaban J connectivity index is 1.67. The molecule has 0 aliphatic carbocycles. The summed E-state index contributed by atoms with van der Waals surface area (Å²) < 4.78 is 82.7. The molecule has 6 nitrogen and oxygen atoms in total. The molecule has 1 aliphatic rings. The second-order valence-electron chi connectivity index (χ2n) is 6.94. The van der Waals surface area contributed by atoms with Crippen molar-refractivity contribution in [3.05, 3.63) is 53.0 Å². The number of carbonyl (C=O) groups is 1. The Morgan fingerprint density at radius 3 is 2.32 bits per heavy atom. The molecule has 1 aliphatic heterocycles. The molecule has 1 fully saturated rings. The first kappa shape index (κ1) is 22.8. The van der Waals surface area contributed by atoms with Crippen molar-refractivity contribution in [2.24, 2.45) is 0 Å². The normalized spacial score (nSPS) is 19.8. The molecule has 0 saturated carbocycles. The van der Waals surface area contributed by atoms with Crippen molar-refractivity contribution in [2.75, 3.05) is 11.9 Å². The fourth-order valence-corrected chi connectivity index (χ4v) is 3.17. The van der Waals surface area contributed by atoms with Gasteiger partial charge in [-0.2, -0.15) is 26.3 Å². The second kappa shape index (κ2) is 8.69. The smallest absolute Gasteiger partial charge is 0.451 e. The Morgan fingerprint density at radius 2 is 1.74 bits per heavy atom. The summed E-state index contributed by atoms with van der Waals surface area (Å²) in [7, 11) is 0. The van der Waals surface area contributed by atoms with Crippen LogP contribution in [0.1, 0.15) is 52.8 Å². The molecule has 0 radical (unpaired) electrons. The van der Waals surface area contributed by atoms with E-state index in [0.29, 0.717) is 24.8 Å². The number of aromatic carboxylic acids is 1. The van der Waals surface area contributed by atoms with Gasteiger partial charge < -0.3 is 15.2 Å². The lowest BCUT2D eigenvalue weighted by molar-refractivity contribution is -0.145. The first-order valence-electron chi connectivity index (χ1n) is 9.19. The predicted molar refractivity (Wildman–Crippen MR) is 95.4 cm³/mol. The molecule has 0 spiro atoms. The molecule has 168 valence electrons. The first-order chi connectivity index (χ1) is 14.4. The Bertz CT molecular complexity index is 931. The molecule has 2 N–H and O–H groups in total. The lowest BCUT2D eigenvalue weighted by Gasteiger charge is -2.31. The lowest BCUT2D eigenvalue weighted by Crippen LogP contribution is -2.29. The van der Waals surface area contributed by atoms with Gasteiger partial charge in [-0.25, -0.2) is 14.8 Å². The number of carboxylic acids is 1. The zero-order valence-electron chi connectivity index (χ0n) is 15.8. The molecule has 2 heterocycles. The van der Waals surface area contributed by atoms with Crippen LogP contribution in [0.5, 0.6) is 0 Å². The number of halogens is 6. The molecular formula is C19H17F6N3O3. The van der Waals surface area contributed by atoms with Crippen molar-refractivity contribution < 1.29 is 41.0 Å². The number of carboxylic acid groups (broad SMARTS) is 1.